The van der Waals surface area contributed by atoms with Gasteiger partial charge in [-0.3, -0.25) is 14.5 Å². The number of hydrogen-bond donors (Lipinski definition) is 2. The van der Waals surface area contributed by atoms with Gasteiger partial charge in [-0.05, 0) is 32.2 Å². The van der Waals surface area contributed by atoms with E-state index in [0.717, 1.165) is 45.1 Å². The van der Waals surface area contributed by atoms with E-state index in [0.29, 0.717) is 6.04 Å². The summed E-state index contributed by atoms with van der Waals surface area (Å²) in [6, 6.07) is 0.533. The molecule has 2 aliphatic carbocycles. The number of likely N-dealkylation sites (N-methyl/N-ethyl adjacent to an activating group) is 1. The molecule has 2 fully saturated rings. The fraction of sp³-hybridized carbons (Fsp3) is 0.867. The van der Waals surface area contributed by atoms with Gasteiger partial charge in [0, 0.05) is 17.5 Å². The number of carbonyl (C=O) groups is 2. The lowest BCUT2D eigenvalue weighted by Gasteiger charge is -2.43. The van der Waals surface area contributed by atoms with Crippen molar-refractivity contribution in [3.8, 4) is 0 Å². The van der Waals surface area contributed by atoms with Crippen molar-refractivity contribution >= 4 is 11.9 Å². The van der Waals surface area contributed by atoms with Crippen LogP contribution in [-0.2, 0) is 9.59 Å². The Morgan fingerprint density at radius 3 is 2.40 bits per heavy atom. The second kappa shape index (κ2) is 6.12. The molecule has 2 N–H and O–H groups in total. The van der Waals surface area contributed by atoms with Crippen LogP contribution in [0.15, 0.2) is 0 Å². The van der Waals surface area contributed by atoms with E-state index in [1.807, 2.05) is 11.8 Å². The van der Waals surface area contributed by atoms with Crippen LogP contribution in [0.3, 0.4) is 0 Å². The van der Waals surface area contributed by atoms with Crippen LogP contribution >= 0.6 is 0 Å². The van der Waals surface area contributed by atoms with Crippen molar-refractivity contribution in [2.75, 3.05) is 13.1 Å². The highest BCUT2D eigenvalue weighted by Gasteiger charge is 2.40. The number of rotatable bonds is 6. The van der Waals surface area contributed by atoms with Crippen LogP contribution in [0.2, 0.25) is 0 Å². The minimum atomic E-state index is -0.780. The standard InChI is InChI=1S/C15H26N2O3/c1-3-17(10-13(18)19)12-8-11(9-12)16-14(20)15(2)6-4-5-7-15/h11-12H,3-10H2,1-2H3,(H,16,20)(H,18,19). The Balaban J connectivity index is 1.76. The highest BCUT2D eigenvalue weighted by Crippen LogP contribution is 2.38. The summed E-state index contributed by atoms with van der Waals surface area (Å²) in [5, 5.41) is 12.0. The number of hydrogen-bond acceptors (Lipinski definition) is 3. The molecule has 0 saturated heterocycles. The summed E-state index contributed by atoms with van der Waals surface area (Å²) in [5.41, 5.74) is -0.170. The van der Waals surface area contributed by atoms with Gasteiger partial charge in [-0.25, -0.2) is 0 Å². The molecule has 0 aromatic carbocycles. The zero-order chi connectivity index (χ0) is 14.8. The summed E-state index contributed by atoms with van der Waals surface area (Å²) in [6.07, 6.45) is 6.05. The highest BCUT2D eigenvalue weighted by molar-refractivity contribution is 5.82. The maximum atomic E-state index is 12.3. The largest absolute Gasteiger partial charge is 0.480 e. The van der Waals surface area contributed by atoms with Gasteiger partial charge < -0.3 is 10.4 Å². The monoisotopic (exact) mass is 282 g/mol. The zero-order valence-corrected chi connectivity index (χ0v) is 12.5. The molecule has 0 unspecified atom stereocenters. The first-order chi connectivity index (χ1) is 9.44. The van der Waals surface area contributed by atoms with Crippen molar-refractivity contribution in [2.24, 2.45) is 5.41 Å². The molecule has 0 atom stereocenters. The van der Waals surface area contributed by atoms with Crippen LogP contribution in [0.5, 0.6) is 0 Å². The first kappa shape index (κ1) is 15.3. The summed E-state index contributed by atoms with van der Waals surface area (Å²) in [6.45, 7) is 4.89. The van der Waals surface area contributed by atoms with Gasteiger partial charge in [-0.15, -0.1) is 0 Å². The van der Waals surface area contributed by atoms with E-state index in [4.69, 9.17) is 5.11 Å². The maximum Gasteiger partial charge on any atom is 0.317 e. The van der Waals surface area contributed by atoms with E-state index in [-0.39, 0.29) is 23.9 Å². The number of carboxylic acids is 1. The van der Waals surface area contributed by atoms with Gasteiger partial charge in [0.1, 0.15) is 0 Å². The molecule has 5 nitrogen and oxygen atoms in total. The van der Waals surface area contributed by atoms with Gasteiger partial charge in [0.15, 0.2) is 0 Å². The molecule has 20 heavy (non-hydrogen) atoms. The average Bonchev–Trinajstić information content (AvgIpc) is 2.78. The molecule has 1 amide bonds. The van der Waals surface area contributed by atoms with Crippen LogP contribution in [0.4, 0.5) is 0 Å². The molecular weight excluding hydrogens is 256 g/mol. The second-order valence-corrected chi connectivity index (χ2v) is 6.52. The third-order valence-corrected chi connectivity index (χ3v) is 4.96. The molecule has 0 bridgehead atoms. The predicted molar refractivity (Wildman–Crippen MR) is 76.4 cm³/mol. The summed E-state index contributed by atoms with van der Waals surface area (Å²) >= 11 is 0. The normalized spacial score (nSPS) is 28.1. The lowest BCUT2D eigenvalue weighted by molar-refractivity contribution is -0.140. The number of amides is 1. The quantitative estimate of drug-likeness (QED) is 0.776. The van der Waals surface area contributed by atoms with Gasteiger partial charge in [-0.2, -0.15) is 0 Å². The fourth-order valence-electron chi connectivity index (χ4n) is 3.42. The van der Waals surface area contributed by atoms with Crippen molar-refractivity contribution in [1.82, 2.24) is 10.2 Å². The molecule has 2 aliphatic rings. The Labute approximate surface area is 120 Å². The zero-order valence-electron chi connectivity index (χ0n) is 12.5. The number of carboxylic acid groups (broad SMARTS) is 1. The predicted octanol–water partition coefficient (Wildman–Crippen LogP) is 1.62. The van der Waals surface area contributed by atoms with Gasteiger partial charge >= 0.3 is 5.97 Å². The van der Waals surface area contributed by atoms with Crippen molar-refractivity contribution < 1.29 is 14.7 Å². The van der Waals surface area contributed by atoms with E-state index in [2.05, 4.69) is 12.2 Å². The maximum absolute atomic E-state index is 12.3. The summed E-state index contributed by atoms with van der Waals surface area (Å²) < 4.78 is 0. The lowest BCUT2D eigenvalue weighted by atomic mass is 9.82. The van der Waals surface area contributed by atoms with Gasteiger partial charge in [-0.1, -0.05) is 26.7 Å². The number of nitrogens with one attached hydrogen (secondary N) is 1. The van der Waals surface area contributed by atoms with Crippen LogP contribution in [0.25, 0.3) is 0 Å². The lowest BCUT2D eigenvalue weighted by Crippen LogP contribution is -2.56. The second-order valence-electron chi connectivity index (χ2n) is 6.52. The molecule has 0 aliphatic heterocycles. The summed E-state index contributed by atoms with van der Waals surface area (Å²) in [4.78, 5) is 25.0. The Kier molecular flexibility index (Phi) is 4.68. The van der Waals surface area contributed by atoms with E-state index >= 15 is 0 Å². The van der Waals surface area contributed by atoms with Crippen LogP contribution < -0.4 is 5.32 Å². The first-order valence-corrected chi connectivity index (χ1v) is 7.71. The van der Waals surface area contributed by atoms with E-state index in [1.54, 1.807) is 0 Å². The molecule has 5 heteroatoms. The van der Waals surface area contributed by atoms with E-state index < -0.39 is 5.97 Å². The molecule has 0 heterocycles. The SMILES string of the molecule is CCN(CC(=O)O)C1CC(NC(=O)C2(C)CCCC2)C1. The molecule has 2 rings (SSSR count). The van der Waals surface area contributed by atoms with E-state index in [1.165, 1.54) is 0 Å². The first-order valence-electron chi connectivity index (χ1n) is 7.71. The molecule has 0 spiro atoms. The van der Waals surface area contributed by atoms with Crippen LogP contribution in [0.1, 0.15) is 52.4 Å². The fourth-order valence-corrected chi connectivity index (χ4v) is 3.42. The Morgan fingerprint density at radius 1 is 1.30 bits per heavy atom. The van der Waals surface area contributed by atoms with Crippen molar-refractivity contribution in [1.29, 1.82) is 0 Å². The molecule has 0 radical (unpaired) electrons. The molecule has 114 valence electrons. The van der Waals surface area contributed by atoms with Gasteiger partial charge in [0.05, 0.1) is 6.54 Å². The molecule has 0 aromatic heterocycles. The number of nitrogens with zero attached hydrogens (tertiary/aromatic N) is 1. The van der Waals surface area contributed by atoms with Crippen molar-refractivity contribution in [2.45, 2.75) is 64.5 Å². The molecular formula is C15H26N2O3. The third kappa shape index (κ3) is 3.32. The summed E-state index contributed by atoms with van der Waals surface area (Å²) in [7, 11) is 0. The molecule has 0 aromatic rings. The minimum Gasteiger partial charge on any atom is -0.480 e. The third-order valence-electron chi connectivity index (χ3n) is 4.96. The van der Waals surface area contributed by atoms with Crippen LogP contribution in [0, 0.1) is 5.41 Å². The highest BCUT2D eigenvalue weighted by atomic mass is 16.4. The van der Waals surface area contributed by atoms with Crippen molar-refractivity contribution in [3.63, 3.8) is 0 Å². The minimum absolute atomic E-state index is 0.0968. The van der Waals surface area contributed by atoms with E-state index in [9.17, 15) is 9.59 Å². The van der Waals surface area contributed by atoms with Crippen LogP contribution in [-0.4, -0.2) is 47.1 Å². The summed E-state index contributed by atoms with van der Waals surface area (Å²) in [5.74, 6) is -0.586. The topological polar surface area (TPSA) is 69.6 Å². The molecule has 2 saturated carbocycles. The Morgan fingerprint density at radius 2 is 1.90 bits per heavy atom. The van der Waals surface area contributed by atoms with Gasteiger partial charge in [0.2, 0.25) is 5.91 Å². The van der Waals surface area contributed by atoms with Gasteiger partial charge in [0.25, 0.3) is 0 Å². The van der Waals surface area contributed by atoms with Crippen molar-refractivity contribution in [3.05, 3.63) is 0 Å². The average molecular weight is 282 g/mol. The smallest absolute Gasteiger partial charge is 0.317 e. The Bertz CT molecular complexity index is 371. The number of carbonyl (C=O) groups excluding carboxylic acids is 1. The number of aliphatic carboxylic acids is 1. The Hall–Kier alpha value is -1.10.